The number of rotatable bonds is 4. The highest BCUT2D eigenvalue weighted by atomic mass is 32.1. The Kier molecular flexibility index (Phi) is 3.82. The van der Waals surface area contributed by atoms with Gasteiger partial charge in [0, 0.05) is 6.42 Å². The van der Waals surface area contributed by atoms with Gasteiger partial charge in [-0.1, -0.05) is 43.4 Å². The molecule has 0 fully saturated rings. The van der Waals surface area contributed by atoms with Crippen molar-refractivity contribution in [2.45, 2.75) is 19.3 Å². The van der Waals surface area contributed by atoms with E-state index in [2.05, 4.69) is 31.2 Å². The smallest absolute Gasteiger partial charge is 0.119 e. The zero-order valence-electron chi connectivity index (χ0n) is 10.6. The third-order valence-electron chi connectivity index (χ3n) is 3.15. The number of methoxy groups -OCH3 is 1. The average Bonchev–Trinajstić information content (AvgIpc) is 2.36. The second-order valence-corrected chi connectivity index (χ2v) is 5.07. The normalized spacial score (nSPS) is 12.3. The van der Waals surface area contributed by atoms with Crippen molar-refractivity contribution in [3.05, 3.63) is 42.0 Å². The van der Waals surface area contributed by atoms with Crippen molar-refractivity contribution in [2.75, 3.05) is 7.11 Å². The lowest BCUT2D eigenvalue weighted by atomic mass is 9.95. The van der Waals surface area contributed by atoms with Crippen LogP contribution in [0.15, 0.2) is 36.4 Å². The van der Waals surface area contributed by atoms with Gasteiger partial charge in [0.2, 0.25) is 0 Å². The molecule has 0 saturated heterocycles. The molecule has 2 aromatic carbocycles. The van der Waals surface area contributed by atoms with Crippen molar-refractivity contribution >= 4 is 28.0 Å². The zero-order chi connectivity index (χ0) is 13.1. The van der Waals surface area contributed by atoms with Crippen molar-refractivity contribution in [1.82, 2.24) is 0 Å². The van der Waals surface area contributed by atoms with Crippen molar-refractivity contribution in [3.8, 4) is 5.75 Å². The molecule has 2 N–H and O–H groups in total. The molecule has 1 atom stereocenters. The van der Waals surface area contributed by atoms with E-state index in [-0.39, 0.29) is 0 Å². The van der Waals surface area contributed by atoms with Gasteiger partial charge < -0.3 is 10.5 Å². The molecule has 0 amide bonds. The van der Waals surface area contributed by atoms with Gasteiger partial charge in [-0.25, -0.2) is 0 Å². The lowest BCUT2D eigenvalue weighted by molar-refractivity contribution is 0.415. The minimum Gasteiger partial charge on any atom is -0.497 e. The third-order valence-corrected chi connectivity index (χ3v) is 3.31. The fourth-order valence-corrected chi connectivity index (χ4v) is 2.35. The molecule has 0 aliphatic heterocycles. The Hall–Kier alpha value is -1.61. The third kappa shape index (κ3) is 2.79. The highest BCUT2D eigenvalue weighted by Gasteiger charge is 2.07. The number of ether oxygens (including phenoxy) is 1. The molecule has 2 aromatic rings. The van der Waals surface area contributed by atoms with Gasteiger partial charge in [0.05, 0.1) is 12.1 Å². The van der Waals surface area contributed by atoms with E-state index in [0.29, 0.717) is 10.9 Å². The second kappa shape index (κ2) is 5.36. The molecule has 94 valence electrons. The predicted molar refractivity (Wildman–Crippen MR) is 80.3 cm³/mol. The van der Waals surface area contributed by atoms with Gasteiger partial charge in [-0.05, 0) is 34.4 Å². The number of nitrogens with two attached hydrogens (primary N) is 1. The van der Waals surface area contributed by atoms with Crippen molar-refractivity contribution < 1.29 is 4.74 Å². The second-order valence-electron chi connectivity index (χ2n) is 4.54. The Morgan fingerprint density at radius 1 is 1.22 bits per heavy atom. The Labute approximate surface area is 113 Å². The summed E-state index contributed by atoms with van der Waals surface area (Å²) in [4.78, 5) is 0.567. The molecule has 0 aromatic heterocycles. The van der Waals surface area contributed by atoms with E-state index >= 15 is 0 Å². The summed E-state index contributed by atoms with van der Waals surface area (Å²) in [7, 11) is 1.68. The minimum absolute atomic E-state index is 0.356. The van der Waals surface area contributed by atoms with Crippen LogP contribution in [-0.4, -0.2) is 12.1 Å². The number of thiocarbonyl (C=S) groups is 1. The zero-order valence-corrected chi connectivity index (χ0v) is 11.5. The molecule has 1 unspecified atom stereocenters. The van der Waals surface area contributed by atoms with Crippen LogP contribution < -0.4 is 10.5 Å². The van der Waals surface area contributed by atoms with E-state index in [4.69, 9.17) is 22.7 Å². The van der Waals surface area contributed by atoms with Crippen LogP contribution in [0.25, 0.3) is 10.8 Å². The molecule has 0 aliphatic carbocycles. The summed E-state index contributed by atoms with van der Waals surface area (Å²) in [5.41, 5.74) is 6.86. The van der Waals surface area contributed by atoms with Gasteiger partial charge >= 0.3 is 0 Å². The monoisotopic (exact) mass is 259 g/mol. The molecule has 18 heavy (non-hydrogen) atoms. The van der Waals surface area contributed by atoms with Gasteiger partial charge in [0.15, 0.2) is 0 Å². The highest BCUT2D eigenvalue weighted by Crippen LogP contribution is 2.26. The van der Waals surface area contributed by atoms with Crippen LogP contribution in [0.4, 0.5) is 0 Å². The van der Waals surface area contributed by atoms with Crippen molar-refractivity contribution in [1.29, 1.82) is 0 Å². The molecule has 0 aliphatic rings. The van der Waals surface area contributed by atoms with Gasteiger partial charge in [0.1, 0.15) is 5.75 Å². The van der Waals surface area contributed by atoms with E-state index in [1.54, 1.807) is 7.11 Å². The van der Waals surface area contributed by atoms with Gasteiger partial charge in [-0.2, -0.15) is 0 Å². The van der Waals surface area contributed by atoms with E-state index in [0.717, 1.165) is 12.2 Å². The number of hydrogen-bond donors (Lipinski definition) is 1. The minimum atomic E-state index is 0.356. The molecular formula is C15H17NOS. The van der Waals surface area contributed by atoms with Crippen LogP contribution in [0.2, 0.25) is 0 Å². The van der Waals surface area contributed by atoms with Crippen molar-refractivity contribution in [2.24, 2.45) is 5.73 Å². The molecule has 2 nitrogen and oxygen atoms in total. The van der Waals surface area contributed by atoms with Crippen LogP contribution >= 0.6 is 12.2 Å². The van der Waals surface area contributed by atoms with Gasteiger partial charge in [-0.3, -0.25) is 0 Å². The standard InChI is InChI=1S/C15H17NOS/c1-10(7-15(16)18)11-3-4-13-9-14(17-2)6-5-12(13)8-11/h3-6,8-10H,7H2,1-2H3,(H2,16,18). The van der Waals surface area contributed by atoms with Gasteiger partial charge in [0.25, 0.3) is 0 Å². The van der Waals surface area contributed by atoms with Crippen LogP contribution in [0.3, 0.4) is 0 Å². The maximum Gasteiger partial charge on any atom is 0.119 e. The molecule has 0 spiro atoms. The molecule has 0 heterocycles. The van der Waals surface area contributed by atoms with Crippen molar-refractivity contribution in [3.63, 3.8) is 0 Å². The summed E-state index contributed by atoms with van der Waals surface area (Å²) < 4.78 is 5.22. The Morgan fingerprint density at radius 3 is 2.56 bits per heavy atom. The quantitative estimate of drug-likeness (QED) is 0.852. The molecule has 3 heteroatoms. The summed E-state index contributed by atoms with van der Waals surface area (Å²) in [6, 6.07) is 12.5. The average molecular weight is 259 g/mol. The van der Waals surface area contributed by atoms with E-state index in [1.165, 1.54) is 16.3 Å². The van der Waals surface area contributed by atoms with Gasteiger partial charge in [-0.15, -0.1) is 0 Å². The first-order valence-electron chi connectivity index (χ1n) is 5.96. The highest BCUT2D eigenvalue weighted by molar-refractivity contribution is 7.80. The fraction of sp³-hybridized carbons (Fsp3) is 0.267. The fourth-order valence-electron chi connectivity index (χ4n) is 2.10. The van der Waals surface area contributed by atoms with E-state index < -0.39 is 0 Å². The molecule has 2 rings (SSSR count). The lowest BCUT2D eigenvalue weighted by Crippen LogP contribution is -2.11. The Balaban J connectivity index is 2.35. The van der Waals surface area contributed by atoms with E-state index in [9.17, 15) is 0 Å². The maximum absolute atomic E-state index is 5.60. The summed E-state index contributed by atoms with van der Waals surface area (Å²) >= 11 is 4.96. The molecular weight excluding hydrogens is 242 g/mol. The molecule has 0 radical (unpaired) electrons. The molecule has 0 bridgehead atoms. The first kappa shape index (κ1) is 12.8. The number of benzene rings is 2. The van der Waals surface area contributed by atoms with Crippen LogP contribution in [-0.2, 0) is 0 Å². The molecule has 0 saturated carbocycles. The lowest BCUT2D eigenvalue weighted by Gasteiger charge is -2.12. The first-order chi connectivity index (χ1) is 8.60. The first-order valence-corrected chi connectivity index (χ1v) is 6.37. The number of fused-ring (bicyclic) bond motifs is 1. The topological polar surface area (TPSA) is 35.2 Å². The summed E-state index contributed by atoms with van der Waals surface area (Å²) in [5, 5.41) is 2.39. The largest absolute Gasteiger partial charge is 0.497 e. The summed E-state index contributed by atoms with van der Waals surface area (Å²) in [6.07, 6.45) is 0.747. The van der Waals surface area contributed by atoms with Crippen LogP contribution in [0.5, 0.6) is 5.75 Å². The maximum atomic E-state index is 5.60. The number of hydrogen-bond acceptors (Lipinski definition) is 2. The Morgan fingerprint density at radius 2 is 1.89 bits per heavy atom. The van der Waals surface area contributed by atoms with Crippen LogP contribution in [0, 0.1) is 0 Å². The SMILES string of the molecule is COc1ccc2cc(C(C)CC(N)=S)ccc2c1. The predicted octanol–water partition coefficient (Wildman–Crippen LogP) is 3.63. The van der Waals surface area contributed by atoms with E-state index in [1.807, 2.05) is 12.1 Å². The summed E-state index contributed by atoms with van der Waals surface area (Å²) in [5.74, 6) is 1.24. The van der Waals surface area contributed by atoms with Crippen LogP contribution in [0.1, 0.15) is 24.8 Å². The Bertz CT molecular complexity index is 580. The summed E-state index contributed by atoms with van der Waals surface area (Å²) in [6.45, 7) is 2.14.